The number of rotatable bonds is 1. The average Bonchev–Trinajstić information content (AvgIpc) is 2.66. The van der Waals surface area contributed by atoms with E-state index < -0.39 is 0 Å². The lowest BCUT2D eigenvalue weighted by Gasteiger charge is -2.29. The van der Waals surface area contributed by atoms with Gasteiger partial charge in [0.1, 0.15) is 0 Å². The van der Waals surface area contributed by atoms with Gasteiger partial charge in [0.25, 0.3) is 0 Å². The standard InChI is InChI=1S/C13H15ClN2OS/c14-8-5-6-9-11(7-8)16(13(18)15-9)10-3-1-2-4-12(10)17/h5-7,10,12,17H,1-4H2,(H,15,18). The van der Waals surface area contributed by atoms with Crippen molar-refractivity contribution in [3.63, 3.8) is 0 Å². The highest BCUT2D eigenvalue weighted by molar-refractivity contribution is 7.71. The predicted octanol–water partition coefficient (Wildman–Crippen LogP) is 3.83. The highest BCUT2D eigenvalue weighted by Gasteiger charge is 2.26. The molecule has 1 aromatic carbocycles. The molecule has 18 heavy (non-hydrogen) atoms. The number of imidazole rings is 1. The topological polar surface area (TPSA) is 41.0 Å². The summed E-state index contributed by atoms with van der Waals surface area (Å²) in [6, 6.07) is 5.75. The molecule has 0 radical (unpaired) electrons. The van der Waals surface area contributed by atoms with E-state index in [4.69, 9.17) is 23.8 Å². The maximum absolute atomic E-state index is 10.2. The van der Waals surface area contributed by atoms with Gasteiger partial charge in [-0.15, -0.1) is 0 Å². The van der Waals surface area contributed by atoms with E-state index in [9.17, 15) is 5.11 Å². The molecule has 0 aliphatic heterocycles. The zero-order chi connectivity index (χ0) is 12.7. The van der Waals surface area contributed by atoms with Crippen molar-refractivity contribution in [2.75, 3.05) is 0 Å². The van der Waals surface area contributed by atoms with Crippen LogP contribution in [0.5, 0.6) is 0 Å². The number of nitrogens with zero attached hydrogens (tertiary/aromatic N) is 1. The molecule has 2 aromatic rings. The molecular weight excluding hydrogens is 268 g/mol. The second-order valence-corrected chi connectivity index (χ2v) is 5.70. The monoisotopic (exact) mass is 282 g/mol. The summed E-state index contributed by atoms with van der Waals surface area (Å²) in [4.78, 5) is 3.18. The van der Waals surface area contributed by atoms with Crippen molar-refractivity contribution < 1.29 is 5.11 Å². The summed E-state index contributed by atoms with van der Waals surface area (Å²) in [5.74, 6) is 0. The van der Waals surface area contributed by atoms with Crippen LogP contribution in [0.15, 0.2) is 18.2 Å². The molecule has 1 aromatic heterocycles. The highest BCUT2D eigenvalue weighted by Crippen LogP contribution is 2.32. The second kappa shape index (κ2) is 4.68. The fourth-order valence-electron chi connectivity index (χ4n) is 2.82. The maximum Gasteiger partial charge on any atom is 0.178 e. The summed E-state index contributed by atoms with van der Waals surface area (Å²) in [7, 11) is 0. The van der Waals surface area contributed by atoms with Gasteiger partial charge in [0.2, 0.25) is 0 Å². The van der Waals surface area contributed by atoms with Crippen LogP contribution in [0.25, 0.3) is 11.0 Å². The van der Waals surface area contributed by atoms with E-state index >= 15 is 0 Å². The molecule has 1 fully saturated rings. The third kappa shape index (κ3) is 1.98. The number of hydrogen-bond donors (Lipinski definition) is 2. The van der Waals surface area contributed by atoms with Gasteiger partial charge in [0, 0.05) is 5.02 Å². The molecule has 0 amide bonds. The first kappa shape index (κ1) is 12.2. The van der Waals surface area contributed by atoms with Crippen molar-refractivity contribution in [2.45, 2.75) is 37.8 Å². The van der Waals surface area contributed by atoms with Gasteiger partial charge in [-0.2, -0.15) is 0 Å². The van der Waals surface area contributed by atoms with Crippen LogP contribution in [0.2, 0.25) is 5.02 Å². The minimum Gasteiger partial charge on any atom is -0.391 e. The lowest BCUT2D eigenvalue weighted by molar-refractivity contribution is 0.0767. The Hall–Kier alpha value is -0.840. The fourth-order valence-corrected chi connectivity index (χ4v) is 3.33. The minimum atomic E-state index is -0.316. The number of aliphatic hydroxyl groups excluding tert-OH is 1. The summed E-state index contributed by atoms with van der Waals surface area (Å²) in [5, 5.41) is 10.9. The summed E-state index contributed by atoms with van der Waals surface area (Å²) >= 11 is 11.4. The molecule has 96 valence electrons. The first-order valence-electron chi connectivity index (χ1n) is 6.24. The van der Waals surface area contributed by atoms with Crippen LogP contribution in [-0.2, 0) is 0 Å². The Morgan fingerprint density at radius 3 is 2.89 bits per heavy atom. The van der Waals surface area contributed by atoms with Gasteiger partial charge in [-0.3, -0.25) is 0 Å². The quantitative estimate of drug-likeness (QED) is 0.781. The Morgan fingerprint density at radius 1 is 1.33 bits per heavy atom. The summed E-state index contributed by atoms with van der Waals surface area (Å²) in [6.45, 7) is 0. The van der Waals surface area contributed by atoms with Crippen LogP contribution in [-0.4, -0.2) is 20.8 Å². The zero-order valence-electron chi connectivity index (χ0n) is 9.90. The summed E-state index contributed by atoms with van der Waals surface area (Å²) in [6.07, 6.45) is 3.72. The number of H-pyrrole nitrogens is 1. The van der Waals surface area contributed by atoms with Gasteiger partial charge in [-0.1, -0.05) is 24.4 Å². The van der Waals surface area contributed by atoms with E-state index in [1.165, 1.54) is 0 Å². The van der Waals surface area contributed by atoms with Crippen LogP contribution in [0.3, 0.4) is 0 Å². The Labute approximate surface area is 115 Å². The first-order valence-corrected chi connectivity index (χ1v) is 7.03. The lowest BCUT2D eigenvalue weighted by Crippen LogP contribution is -2.27. The number of aliphatic hydroxyl groups is 1. The number of hydrogen-bond acceptors (Lipinski definition) is 2. The van der Waals surface area contributed by atoms with Crippen molar-refractivity contribution in [3.8, 4) is 0 Å². The largest absolute Gasteiger partial charge is 0.391 e. The molecular formula is C13H15ClN2OS. The third-order valence-electron chi connectivity index (χ3n) is 3.71. The molecule has 0 bridgehead atoms. The number of fused-ring (bicyclic) bond motifs is 1. The van der Waals surface area contributed by atoms with Crippen LogP contribution >= 0.6 is 23.8 Å². The van der Waals surface area contributed by atoms with Gasteiger partial charge in [0.05, 0.1) is 23.2 Å². The lowest BCUT2D eigenvalue weighted by atomic mass is 9.92. The van der Waals surface area contributed by atoms with E-state index in [1.54, 1.807) is 0 Å². The predicted molar refractivity (Wildman–Crippen MR) is 75.6 cm³/mol. The Kier molecular flexibility index (Phi) is 3.18. The molecule has 0 saturated heterocycles. The van der Waals surface area contributed by atoms with Crippen LogP contribution in [0, 0.1) is 4.77 Å². The second-order valence-electron chi connectivity index (χ2n) is 4.88. The van der Waals surface area contributed by atoms with Crippen molar-refractivity contribution in [1.82, 2.24) is 9.55 Å². The van der Waals surface area contributed by atoms with Crippen LogP contribution < -0.4 is 0 Å². The van der Waals surface area contributed by atoms with Gasteiger partial charge >= 0.3 is 0 Å². The molecule has 1 aliphatic rings. The van der Waals surface area contributed by atoms with Crippen molar-refractivity contribution in [3.05, 3.63) is 28.0 Å². The number of aromatic nitrogens is 2. The fraction of sp³-hybridized carbons (Fsp3) is 0.462. The van der Waals surface area contributed by atoms with Crippen LogP contribution in [0.1, 0.15) is 31.7 Å². The summed E-state index contributed by atoms with van der Waals surface area (Å²) < 4.78 is 2.69. The highest BCUT2D eigenvalue weighted by atomic mass is 35.5. The number of nitrogens with one attached hydrogen (secondary N) is 1. The molecule has 3 rings (SSSR count). The van der Waals surface area contributed by atoms with E-state index in [0.717, 1.165) is 36.7 Å². The van der Waals surface area contributed by atoms with Gasteiger partial charge in [-0.25, -0.2) is 0 Å². The zero-order valence-corrected chi connectivity index (χ0v) is 11.5. The normalized spacial score (nSPS) is 24.6. The molecule has 1 heterocycles. The number of aromatic amines is 1. The van der Waals surface area contributed by atoms with E-state index in [1.807, 2.05) is 22.8 Å². The molecule has 0 spiro atoms. The Bertz CT molecular complexity index is 633. The molecule has 3 nitrogen and oxygen atoms in total. The third-order valence-corrected chi connectivity index (χ3v) is 4.24. The van der Waals surface area contributed by atoms with E-state index in [-0.39, 0.29) is 12.1 Å². The van der Waals surface area contributed by atoms with Crippen molar-refractivity contribution in [2.24, 2.45) is 0 Å². The molecule has 2 N–H and O–H groups in total. The van der Waals surface area contributed by atoms with Crippen molar-refractivity contribution in [1.29, 1.82) is 0 Å². The SMILES string of the molecule is OC1CCCCC1n1c(=S)[nH]c2ccc(Cl)cc21. The van der Waals surface area contributed by atoms with E-state index in [0.29, 0.717) is 9.79 Å². The van der Waals surface area contributed by atoms with Gasteiger partial charge in [0.15, 0.2) is 4.77 Å². The van der Waals surface area contributed by atoms with Crippen molar-refractivity contribution >= 4 is 34.9 Å². The summed E-state index contributed by atoms with van der Waals surface area (Å²) in [5.41, 5.74) is 1.96. The number of benzene rings is 1. The average molecular weight is 283 g/mol. The van der Waals surface area contributed by atoms with Gasteiger partial charge in [-0.05, 0) is 43.3 Å². The maximum atomic E-state index is 10.2. The Balaban J connectivity index is 2.18. The molecule has 2 atom stereocenters. The molecule has 1 aliphatic carbocycles. The molecule has 2 unspecified atom stereocenters. The van der Waals surface area contributed by atoms with Crippen LogP contribution in [0.4, 0.5) is 0 Å². The first-order chi connectivity index (χ1) is 8.66. The molecule has 1 saturated carbocycles. The number of halogens is 1. The minimum absolute atomic E-state index is 0.0680. The van der Waals surface area contributed by atoms with E-state index in [2.05, 4.69) is 4.98 Å². The smallest absolute Gasteiger partial charge is 0.178 e. The Morgan fingerprint density at radius 2 is 2.11 bits per heavy atom. The molecule has 5 heteroatoms. The van der Waals surface area contributed by atoms with Gasteiger partial charge < -0.3 is 14.7 Å².